The van der Waals surface area contributed by atoms with Gasteiger partial charge in [0.15, 0.2) is 17.6 Å². The van der Waals surface area contributed by atoms with E-state index in [9.17, 15) is 24.2 Å². The minimum Gasteiger partial charge on any atom is -0.492 e. The number of hydrogen-bond acceptors (Lipinski definition) is 8. The number of para-hydroxylation sites is 1. The van der Waals surface area contributed by atoms with Gasteiger partial charge in [-0.2, -0.15) is 4.39 Å². The van der Waals surface area contributed by atoms with Crippen molar-refractivity contribution in [1.29, 1.82) is 10.8 Å². The predicted molar refractivity (Wildman–Crippen MR) is 146 cm³/mol. The standard InChI is InChI=1S/C27H32FN9O5/c1-25(2)9-10-42-19-13(5-3-6-14(19)25)21(38)34-17-12-37-24(30)33-16(11-31-22(39)15-7-4-8-18(28)32-15)20-26(37,27(17,40)41)36-23(29)35-20/h3-8,16-17,20,40-41H,9-12H2,1-2H3,(H2,30,33)(H,31,39)(H,34,38)(H3,29,35,36)/t16-,17-,20-,26-/m0/s1. The molecule has 4 atom stereocenters. The van der Waals surface area contributed by atoms with Gasteiger partial charge in [0, 0.05) is 18.7 Å². The molecule has 0 radical (unpaired) electrons. The van der Waals surface area contributed by atoms with Gasteiger partial charge in [-0.25, -0.2) is 4.98 Å². The van der Waals surface area contributed by atoms with Crippen LogP contribution in [0.3, 0.4) is 0 Å². The summed E-state index contributed by atoms with van der Waals surface area (Å²) >= 11 is 0. The summed E-state index contributed by atoms with van der Waals surface area (Å²) in [5, 5.41) is 54.2. The Morgan fingerprint density at radius 3 is 2.69 bits per heavy atom. The largest absolute Gasteiger partial charge is 0.492 e. The van der Waals surface area contributed by atoms with E-state index in [0.29, 0.717) is 12.4 Å². The number of guanidine groups is 2. The first kappa shape index (κ1) is 27.7. The highest BCUT2D eigenvalue weighted by Gasteiger charge is 2.74. The zero-order chi connectivity index (χ0) is 30.0. The van der Waals surface area contributed by atoms with E-state index in [1.807, 2.05) is 6.07 Å². The van der Waals surface area contributed by atoms with E-state index in [2.05, 4.69) is 45.4 Å². The number of rotatable bonds is 5. The number of benzene rings is 1. The molecule has 3 fully saturated rings. The fraction of sp³-hybridized carbons (Fsp3) is 0.444. The van der Waals surface area contributed by atoms with Crippen molar-refractivity contribution in [3.63, 3.8) is 0 Å². The second-order valence-electron chi connectivity index (χ2n) is 11.6. The van der Waals surface area contributed by atoms with E-state index in [4.69, 9.17) is 15.6 Å². The average Bonchev–Trinajstić information content (AvgIpc) is 3.40. The van der Waals surface area contributed by atoms with E-state index in [-0.39, 0.29) is 41.7 Å². The van der Waals surface area contributed by atoms with Crippen molar-refractivity contribution in [3.8, 4) is 5.75 Å². The molecular formula is C27H32FN9O5. The lowest BCUT2D eigenvalue weighted by Gasteiger charge is -2.51. The Kier molecular flexibility index (Phi) is 6.27. The number of hydrogen-bond donors (Lipinski definition) is 9. The van der Waals surface area contributed by atoms with E-state index >= 15 is 0 Å². The van der Waals surface area contributed by atoms with Crippen LogP contribution in [0.4, 0.5) is 4.39 Å². The first-order chi connectivity index (χ1) is 19.8. The van der Waals surface area contributed by atoms with Crippen molar-refractivity contribution < 1.29 is 28.9 Å². The first-order valence-corrected chi connectivity index (χ1v) is 13.5. The molecule has 1 spiro atoms. The van der Waals surface area contributed by atoms with Gasteiger partial charge in [-0.15, -0.1) is 0 Å². The second kappa shape index (κ2) is 9.52. The number of aliphatic hydroxyl groups is 2. The number of aromatic nitrogens is 1. The molecule has 5 heterocycles. The smallest absolute Gasteiger partial charge is 0.270 e. The molecule has 4 aliphatic heterocycles. The van der Waals surface area contributed by atoms with Crippen LogP contribution in [0, 0.1) is 16.8 Å². The minimum atomic E-state index is -2.70. The Morgan fingerprint density at radius 2 is 1.93 bits per heavy atom. The lowest BCUT2D eigenvalue weighted by atomic mass is 9.79. The van der Waals surface area contributed by atoms with Crippen LogP contribution in [0.2, 0.25) is 0 Å². The predicted octanol–water partition coefficient (Wildman–Crippen LogP) is -1.10. The van der Waals surface area contributed by atoms with E-state index in [1.165, 1.54) is 17.0 Å². The summed E-state index contributed by atoms with van der Waals surface area (Å²) in [5.74, 6) is -4.78. The first-order valence-electron chi connectivity index (χ1n) is 13.5. The molecular weight excluding hydrogens is 549 g/mol. The van der Waals surface area contributed by atoms with E-state index in [1.54, 1.807) is 12.1 Å². The van der Waals surface area contributed by atoms with Crippen LogP contribution in [0.25, 0.3) is 0 Å². The molecule has 0 unspecified atom stereocenters. The zero-order valence-corrected chi connectivity index (χ0v) is 22.9. The van der Waals surface area contributed by atoms with Crippen molar-refractivity contribution in [2.75, 3.05) is 19.7 Å². The summed E-state index contributed by atoms with van der Waals surface area (Å²) < 4.78 is 19.4. The zero-order valence-electron chi connectivity index (χ0n) is 22.9. The van der Waals surface area contributed by atoms with Gasteiger partial charge >= 0.3 is 0 Å². The Hall–Kier alpha value is -4.50. The molecule has 2 aromatic rings. The van der Waals surface area contributed by atoms with Gasteiger partial charge in [0.2, 0.25) is 11.7 Å². The fourth-order valence-corrected chi connectivity index (χ4v) is 6.36. The number of amides is 2. The fourth-order valence-electron chi connectivity index (χ4n) is 6.36. The van der Waals surface area contributed by atoms with Crippen LogP contribution in [0.15, 0.2) is 36.4 Å². The maximum absolute atomic E-state index is 13.6. The quantitative estimate of drug-likeness (QED) is 0.154. The number of fused-ring (bicyclic) bond motifs is 1. The summed E-state index contributed by atoms with van der Waals surface area (Å²) in [4.78, 5) is 31.1. The van der Waals surface area contributed by atoms with Crippen molar-refractivity contribution in [2.45, 2.75) is 55.3 Å². The Balaban J connectivity index is 1.26. The van der Waals surface area contributed by atoms with Crippen molar-refractivity contribution >= 4 is 23.7 Å². The molecule has 6 rings (SSSR count). The Labute approximate surface area is 240 Å². The molecule has 0 aliphatic carbocycles. The summed E-state index contributed by atoms with van der Waals surface area (Å²) in [6.07, 6.45) is 0.781. The van der Waals surface area contributed by atoms with Crippen LogP contribution in [-0.2, 0) is 5.41 Å². The summed E-state index contributed by atoms with van der Waals surface area (Å²) in [6, 6.07) is 5.97. The number of nitrogens with one attached hydrogen (secondary N) is 7. The molecule has 1 aromatic heterocycles. The van der Waals surface area contributed by atoms with Crippen LogP contribution in [0.5, 0.6) is 5.75 Å². The monoisotopic (exact) mass is 581 g/mol. The van der Waals surface area contributed by atoms with Crippen LogP contribution >= 0.6 is 0 Å². The second-order valence-corrected chi connectivity index (χ2v) is 11.6. The molecule has 1 aromatic carbocycles. The third-order valence-corrected chi connectivity index (χ3v) is 8.60. The van der Waals surface area contributed by atoms with Gasteiger partial charge in [0.05, 0.1) is 24.3 Å². The SMILES string of the molecule is CC1(C)CCOc2c(C(=O)N[C@H]3CN4C(=N)N[C@@H](CNC(=O)c5cccc(F)n5)[C@@H]5NC(=N)N[C@@]54C3(O)O)cccc21. The third-order valence-electron chi connectivity index (χ3n) is 8.60. The highest BCUT2D eigenvalue weighted by atomic mass is 19.1. The lowest BCUT2D eigenvalue weighted by Crippen LogP contribution is -2.81. The van der Waals surface area contributed by atoms with Crippen LogP contribution in [-0.4, -0.2) is 93.1 Å². The normalized spacial score (nSPS) is 28.2. The van der Waals surface area contributed by atoms with Gasteiger partial charge in [-0.1, -0.05) is 32.0 Å². The molecule has 2 amide bonds. The highest BCUT2D eigenvalue weighted by molar-refractivity contribution is 5.98. The molecule has 4 aliphatic rings. The maximum atomic E-state index is 13.6. The van der Waals surface area contributed by atoms with Crippen molar-refractivity contribution in [1.82, 2.24) is 36.5 Å². The summed E-state index contributed by atoms with van der Waals surface area (Å²) in [7, 11) is 0. The highest BCUT2D eigenvalue weighted by Crippen LogP contribution is 2.44. The maximum Gasteiger partial charge on any atom is 0.270 e. The van der Waals surface area contributed by atoms with Gasteiger partial charge in [0.1, 0.15) is 17.5 Å². The van der Waals surface area contributed by atoms with Crippen molar-refractivity contribution in [2.24, 2.45) is 0 Å². The summed E-state index contributed by atoms with van der Waals surface area (Å²) in [5.41, 5.74) is -1.09. The minimum absolute atomic E-state index is 0.141. The molecule has 15 heteroatoms. The van der Waals surface area contributed by atoms with Gasteiger partial charge < -0.3 is 46.4 Å². The third kappa shape index (κ3) is 4.10. The molecule has 42 heavy (non-hydrogen) atoms. The molecule has 0 bridgehead atoms. The van der Waals surface area contributed by atoms with Crippen LogP contribution in [0.1, 0.15) is 46.7 Å². The summed E-state index contributed by atoms with van der Waals surface area (Å²) in [6.45, 7) is 4.24. The number of carbonyl (C=O) groups excluding carboxylic acids is 2. The molecule has 3 saturated heterocycles. The number of carbonyl (C=O) groups is 2. The number of pyridine rings is 1. The topological polar surface area (TPSA) is 208 Å². The molecule has 0 saturated carbocycles. The number of ether oxygens (including phenoxy) is 1. The van der Waals surface area contributed by atoms with E-state index < -0.39 is 47.3 Å². The van der Waals surface area contributed by atoms with Gasteiger partial charge in [-0.3, -0.25) is 20.4 Å². The Bertz CT molecular complexity index is 1500. The molecule has 222 valence electrons. The van der Waals surface area contributed by atoms with E-state index in [0.717, 1.165) is 18.1 Å². The van der Waals surface area contributed by atoms with Gasteiger partial charge in [-0.05, 0) is 30.0 Å². The molecule has 9 N–H and O–H groups in total. The number of halogens is 1. The van der Waals surface area contributed by atoms with Crippen LogP contribution < -0.4 is 31.3 Å². The molecule has 14 nitrogen and oxygen atoms in total. The lowest BCUT2D eigenvalue weighted by molar-refractivity contribution is -0.232. The average molecular weight is 582 g/mol. The van der Waals surface area contributed by atoms with Gasteiger partial charge in [0.25, 0.3) is 11.8 Å². The van der Waals surface area contributed by atoms with Crippen molar-refractivity contribution in [3.05, 3.63) is 59.2 Å². The number of nitrogens with zero attached hydrogens (tertiary/aromatic N) is 2. The Morgan fingerprint density at radius 1 is 1.17 bits per heavy atom.